The molecule has 0 N–H and O–H groups in total. The van der Waals surface area contributed by atoms with Crippen LogP contribution < -0.4 is 4.74 Å². The lowest BCUT2D eigenvalue weighted by atomic mass is 9.67. The Morgan fingerprint density at radius 2 is 1.40 bits per heavy atom. The number of hydrogen-bond acceptors (Lipinski definition) is 6. The van der Waals surface area contributed by atoms with Crippen LogP contribution in [0.25, 0.3) is 0 Å². The molecule has 2 aliphatic rings. The van der Waals surface area contributed by atoms with Crippen LogP contribution in [0.2, 0.25) is 0 Å². The Balaban J connectivity index is 1.41. The van der Waals surface area contributed by atoms with E-state index in [9.17, 15) is 0 Å². The summed E-state index contributed by atoms with van der Waals surface area (Å²) in [4.78, 5) is 6.99. The Labute approximate surface area is 258 Å². The van der Waals surface area contributed by atoms with Crippen molar-refractivity contribution in [2.24, 2.45) is 5.92 Å². The molecule has 0 saturated carbocycles. The maximum atomic E-state index is 6.99. The fourth-order valence-electron chi connectivity index (χ4n) is 6.35. The average Bonchev–Trinajstić information content (AvgIpc) is 3.88. The van der Waals surface area contributed by atoms with Crippen LogP contribution in [0.4, 0.5) is 0 Å². The van der Waals surface area contributed by atoms with E-state index in [1.54, 1.807) is 0 Å². The third-order valence-electron chi connectivity index (χ3n) is 9.75. The molecule has 6 nitrogen and oxygen atoms in total. The van der Waals surface area contributed by atoms with Crippen molar-refractivity contribution < 1.29 is 23.8 Å². The SMILES string of the molecule is CCC1(C)CC(OCc2ccccc2)(OCc2ccccc2)C(C)C(C)(CC)N1OC(C)c1ccc(OCC2CO2)cc1. The molecule has 5 atom stereocenters. The van der Waals surface area contributed by atoms with Crippen LogP contribution in [-0.4, -0.2) is 41.2 Å². The molecule has 5 rings (SSSR count). The van der Waals surface area contributed by atoms with Gasteiger partial charge < -0.3 is 18.9 Å². The van der Waals surface area contributed by atoms with E-state index in [0.717, 1.165) is 41.9 Å². The summed E-state index contributed by atoms with van der Waals surface area (Å²) < 4.78 is 25.0. The van der Waals surface area contributed by atoms with Crippen molar-refractivity contribution in [2.75, 3.05) is 13.2 Å². The van der Waals surface area contributed by atoms with Gasteiger partial charge in [0.1, 0.15) is 24.6 Å². The van der Waals surface area contributed by atoms with E-state index >= 15 is 0 Å². The van der Waals surface area contributed by atoms with Crippen molar-refractivity contribution in [3.8, 4) is 5.75 Å². The van der Waals surface area contributed by atoms with Gasteiger partial charge in [0.2, 0.25) is 0 Å². The van der Waals surface area contributed by atoms with Gasteiger partial charge in [0, 0.05) is 17.9 Å². The zero-order chi connectivity index (χ0) is 30.5. The van der Waals surface area contributed by atoms with Crippen molar-refractivity contribution in [3.63, 3.8) is 0 Å². The van der Waals surface area contributed by atoms with Crippen LogP contribution in [0.15, 0.2) is 84.9 Å². The quantitative estimate of drug-likeness (QED) is 0.140. The first-order valence-corrected chi connectivity index (χ1v) is 15.9. The van der Waals surface area contributed by atoms with E-state index in [4.69, 9.17) is 23.8 Å². The molecular formula is C37H49NO5. The Morgan fingerprint density at radius 1 is 0.837 bits per heavy atom. The maximum absolute atomic E-state index is 6.99. The van der Waals surface area contributed by atoms with E-state index < -0.39 is 5.79 Å². The predicted molar refractivity (Wildman–Crippen MR) is 169 cm³/mol. The van der Waals surface area contributed by atoms with Crippen LogP contribution in [0.3, 0.4) is 0 Å². The lowest BCUT2D eigenvalue weighted by Gasteiger charge is -2.63. The third kappa shape index (κ3) is 7.16. The fourth-order valence-corrected chi connectivity index (χ4v) is 6.35. The minimum Gasteiger partial charge on any atom is -0.491 e. The molecule has 0 spiro atoms. The monoisotopic (exact) mass is 587 g/mol. The van der Waals surface area contributed by atoms with E-state index in [2.05, 4.69) is 107 Å². The maximum Gasteiger partial charge on any atom is 0.175 e. The minimum absolute atomic E-state index is 0.00432. The molecule has 3 aromatic carbocycles. The highest BCUT2D eigenvalue weighted by atomic mass is 16.7. The summed E-state index contributed by atoms with van der Waals surface area (Å²) >= 11 is 0. The molecule has 2 saturated heterocycles. The molecule has 0 amide bonds. The number of hydroxylamine groups is 2. The summed E-state index contributed by atoms with van der Waals surface area (Å²) in [7, 11) is 0. The highest BCUT2D eigenvalue weighted by Crippen LogP contribution is 2.53. The number of ether oxygens (including phenoxy) is 4. The first-order valence-electron chi connectivity index (χ1n) is 15.9. The molecule has 0 bridgehead atoms. The van der Waals surface area contributed by atoms with Gasteiger partial charge in [-0.2, -0.15) is 5.06 Å². The Morgan fingerprint density at radius 3 is 1.88 bits per heavy atom. The number of hydrogen-bond donors (Lipinski definition) is 0. The predicted octanol–water partition coefficient (Wildman–Crippen LogP) is 8.27. The summed E-state index contributed by atoms with van der Waals surface area (Å²) in [5.74, 6) is 0.0459. The molecule has 6 heteroatoms. The fraction of sp³-hybridized carbons (Fsp3) is 0.514. The Hall–Kier alpha value is -2.74. The van der Waals surface area contributed by atoms with Crippen molar-refractivity contribution in [1.82, 2.24) is 5.06 Å². The van der Waals surface area contributed by atoms with Gasteiger partial charge in [-0.15, -0.1) is 0 Å². The van der Waals surface area contributed by atoms with Gasteiger partial charge in [-0.25, -0.2) is 0 Å². The molecule has 2 heterocycles. The van der Waals surface area contributed by atoms with Crippen LogP contribution >= 0.6 is 0 Å². The summed E-state index contributed by atoms with van der Waals surface area (Å²) in [6, 6.07) is 29.0. The third-order valence-corrected chi connectivity index (χ3v) is 9.75. The summed E-state index contributed by atoms with van der Waals surface area (Å²) in [5, 5.41) is 2.29. The Kier molecular flexibility index (Phi) is 9.94. The lowest BCUT2D eigenvalue weighted by Crippen LogP contribution is -2.72. The molecule has 232 valence electrons. The highest BCUT2D eigenvalue weighted by molar-refractivity contribution is 5.28. The average molecular weight is 588 g/mol. The number of benzene rings is 3. The molecular weight excluding hydrogens is 538 g/mol. The second kappa shape index (κ2) is 13.5. The van der Waals surface area contributed by atoms with E-state index in [0.29, 0.717) is 26.2 Å². The van der Waals surface area contributed by atoms with Crippen LogP contribution in [-0.2, 0) is 32.3 Å². The van der Waals surface area contributed by atoms with Gasteiger partial charge in [0.15, 0.2) is 5.79 Å². The molecule has 0 radical (unpaired) electrons. The molecule has 3 aromatic rings. The molecule has 0 aromatic heterocycles. The van der Waals surface area contributed by atoms with E-state index in [1.807, 2.05) is 24.3 Å². The molecule has 43 heavy (non-hydrogen) atoms. The second-order valence-corrected chi connectivity index (χ2v) is 12.7. The van der Waals surface area contributed by atoms with Crippen molar-refractivity contribution in [2.45, 2.75) is 103 Å². The first-order chi connectivity index (χ1) is 20.7. The zero-order valence-corrected chi connectivity index (χ0v) is 26.8. The number of rotatable bonds is 14. The largest absolute Gasteiger partial charge is 0.491 e. The van der Waals surface area contributed by atoms with Crippen LogP contribution in [0.1, 0.15) is 83.6 Å². The lowest BCUT2D eigenvalue weighted by molar-refractivity contribution is -0.400. The summed E-state index contributed by atoms with van der Waals surface area (Å²) in [6.45, 7) is 15.8. The molecule has 2 aliphatic heterocycles. The number of epoxide rings is 1. The van der Waals surface area contributed by atoms with Gasteiger partial charge in [-0.3, -0.25) is 4.84 Å². The number of nitrogens with zero attached hydrogens (tertiary/aromatic N) is 1. The van der Waals surface area contributed by atoms with Crippen LogP contribution in [0, 0.1) is 5.92 Å². The van der Waals surface area contributed by atoms with Gasteiger partial charge in [0.05, 0.1) is 25.4 Å². The summed E-state index contributed by atoms with van der Waals surface area (Å²) in [5.41, 5.74) is 2.68. The van der Waals surface area contributed by atoms with E-state index in [-0.39, 0.29) is 29.2 Å². The zero-order valence-electron chi connectivity index (χ0n) is 26.8. The molecule has 0 aliphatic carbocycles. The topological polar surface area (TPSA) is 52.7 Å². The van der Waals surface area contributed by atoms with Gasteiger partial charge in [-0.05, 0) is 62.4 Å². The van der Waals surface area contributed by atoms with Gasteiger partial charge >= 0.3 is 0 Å². The van der Waals surface area contributed by atoms with Crippen molar-refractivity contribution in [1.29, 1.82) is 0 Å². The number of piperidine rings is 1. The smallest absolute Gasteiger partial charge is 0.175 e. The van der Waals surface area contributed by atoms with Gasteiger partial charge in [0.25, 0.3) is 0 Å². The van der Waals surface area contributed by atoms with Crippen molar-refractivity contribution in [3.05, 3.63) is 102 Å². The highest BCUT2D eigenvalue weighted by Gasteiger charge is 2.62. The standard InChI is InChI=1S/C37H49NO5/c1-7-35(5)27-37(41-23-30-15-11-9-12-16-30,42-24-31-17-13-10-14-18-31)29(4)36(6,8-2)38(35)43-28(3)32-19-21-33(22-20-32)39-25-34-26-40-34/h9-22,28-29,34H,7-8,23-27H2,1-6H3. The van der Waals surface area contributed by atoms with E-state index in [1.165, 1.54) is 0 Å². The molecule has 2 fully saturated rings. The first kappa shape index (κ1) is 31.7. The van der Waals surface area contributed by atoms with Gasteiger partial charge in [-0.1, -0.05) is 93.6 Å². The Bertz CT molecular complexity index is 1240. The summed E-state index contributed by atoms with van der Waals surface area (Å²) in [6.07, 6.45) is 2.52. The minimum atomic E-state index is -0.811. The molecule has 5 unspecified atom stereocenters. The van der Waals surface area contributed by atoms with Crippen LogP contribution in [0.5, 0.6) is 5.75 Å². The van der Waals surface area contributed by atoms with Crippen molar-refractivity contribution >= 4 is 0 Å². The second-order valence-electron chi connectivity index (χ2n) is 12.7. The normalized spacial score (nSPS) is 27.5.